The lowest BCUT2D eigenvalue weighted by atomic mass is 10.1. The Balaban J connectivity index is 2.43. The first-order valence-corrected chi connectivity index (χ1v) is 7.55. The molecule has 0 fully saturated rings. The van der Waals surface area contributed by atoms with Crippen molar-refractivity contribution in [1.29, 1.82) is 5.41 Å². The van der Waals surface area contributed by atoms with Gasteiger partial charge in [-0.25, -0.2) is 4.98 Å². The standard InChI is InChI=1S/C15H18N4OS/c1-3-5-10-8-12(20)19-15(18-10)21-13-9(2)6-4-7-11(13)14(16)17/h4,6-8H,3,5H2,1-2H3,(H3,16,17)(H,18,19,20). The summed E-state index contributed by atoms with van der Waals surface area (Å²) in [5, 5.41) is 8.19. The normalized spacial score (nSPS) is 10.6. The predicted molar refractivity (Wildman–Crippen MR) is 85.2 cm³/mol. The number of hydrogen-bond acceptors (Lipinski definition) is 4. The van der Waals surface area contributed by atoms with Gasteiger partial charge in [-0.1, -0.05) is 43.3 Å². The lowest BCUT2D eigenvalue weighted by Crippen LogP contribution is -2.14. The van der Waals surface area contributed by atoms with E-state index in [1.54, 1.807) is 6.07 Å². The first kappa shape index (κ1) is 15.3. The maximum absolute atomic E-state index is 11.7. The SMILES string of the molecule is CCCc1cc(=O)[nH]c(Sc2c(C)cccc2C(=N)N)n1. The van der Waals surface area contributed by atoms with Crippen LogP contribution in [-0.4, -0.2) is 15.8 Å². The maximum Gasteiger partial charge on any atom is 0.251 e. The number of aryl methyl sites for hydroxylation is 2. The summed E-state index contributed by atoms with van der Waals surface area (Å²) in [6.45, 7) is 3.99. The van der Waals surface area contributed by atoms with Gasteiger partial charge in [0.2, 0.25) is 0 Å². The van der Waals surface area contributed by atoms with Crippen LogP contribution in [0.25, 0.3) is 0 Å². The summed E-state index contributed by atoms with van der Waals surface area (Å²) in [6, 6.07) is 7.13. The number of nitrogens with two attached hydrogens (primary N) is 1. The zero-order chi connectivity index (χ0) is 15.4. The Labute approximate surface area is 127 Å². The molecule has 0 saturated heterocycles. The van der Waals surface area contributed by atoms with Crippen LogP contribution in [0.3, 0.4) is 0 Å². The number of aromatic nitrogens is 2. The van der Waals surface area contributed by atoms with E-state index in [0.717, 1.165) is 29.0 Å². The van der Waals surface area contributed by atoms with Crippen molar-refractivity contribution in [2.24, 2.45) is 5.73 Å². The van der Waals surface area contributed by atoms with Crippen LogP contribution < -0.4 is 11.3 Å². The number of aromatic amines is 1. The highest BCUT2D eigenvalue weighted by molar-refractivity contribution is 7.99. The number of amidine groups is 1. The molecule has 0 aliphatic heterocycles. The van der Waals surface area contributed by atoms with E-state index in [4.69, 9.17) is 11.1 Å². The molecule has 1 heterocycles. The maximum atomic E-state index is 11.7. The molecule has 0 aliphatic carbocycles. The van der Waals surface area contributed by atoms with Gasteiger partial charge in [-0.3, -0.25) is 10.2 Å². The Morgan fingerprint density at radius 3 is 2.90 bits per heavy atom. The van der Waals surface area contributed by atoms with Crippen LogP contribution in [0.4, 0.5) is 0 Å². The third-order valence-electron chi connectivity index (χ3n) is 2.98. The van der Waals surface area contributed by atoms with Crippen molar-refractivity contribution in [3.05, 3.63) is 51.4 Å². The highest BCUT2D eigenvalue weighted by atomic mass is 32.2. The van der Waals surface area contributed by atoms with Crippen LogP contribution in [0, 0.1) is 12.3 Å². The van der Waals surface area contributed by atoms with Crippen LogP contribution in [0.1, 0.15) is 30.2 Å². The van der Waals surface area contributed by atoms with E-state index in [1.807, 2.05) is 26.0 Å². The zero-order valence-corrected chi connectivity index (χ0v) is 12.9. The van der Waals surface area contributed by atoms with Gasteiger partial charge < -0.3 is 10.7 Å². The van der Waals surface area contributed by atoms with Crippen LogP contribution in [0.5, 0.6) is 0 Å². The van der Waals surface area contributed by atoms with E-state index in [-0.39, 0.29) is 11.4 Å². The molecule has 4 N–H and O–H groups in total. The number of nitrogens with zero attached hydrogens (tertiary/aromatic N) is 1. The molecule has 21 heavy (non-hydrogen) atoms. The molecule has 0 atom stereocenters. The third-order valence-corrected chi connectivity index (χ3v) is 4.11. The van der Waals surface area contributed by atoms with Crippen LogP contribution in [-0.2, 0) is 6.42 Å². The van der Waals surface area contributed by atoms with Gasteiger partial charge in [0, 0.05) is 22.2 Å². The van der Waals surface area contributed by atoms with E-state index in [1.165, 1.54) is 17.8 Å². The van der Waals surface area contributed by atoms with Crippen molar-refractivity contribution < 1.29 is 0 Å². The second-order valence-corrected chi connectivity index (χ2v) is 5.76. The monoisotopic (exact) mass is 302 g/mol. The van der Waals surface area contributed by atoms with Crippen LogP contribution in [0.2, 0.25) is 0 Å². The van der Waals surface area contributed by atoms with Gasteiger partial charge in [0.05, 0.1) is 0 Å². The van der Waals surface area contributed by atoms with E-state index in [0.29, 0.717) is 10.7 Å². The average Bonchev–Trinajstić information content (AvgIpc) is 2.40. The molecule has 110 valence electrons. The molecule has 0 amide bonds. The number of hydrogen-bond donors (Lipinski definition) is 3. The molecular weight excluding hydrogens is 284 g/mol. The average molecular weight is 302 g/mol. The first-order chi connectivity index (χ1) is 10.0. The third kappa shape index (κ3) is 3.72. The highest BCUT2D eigenvalue weighted by Crippen LogP contribution is 2.30. The number of rotatable bonds is 5. The topological polar surface area (TPSA) is 95.6 Å². The molecule has 0 spiro atoms. The van der Waals surface area contributed by atoms with Gasteiger partial charge in [-0.2, -0.15) is 0 Å². The van der Waals surface area contributed by atoms with E-state index < -0.39 is 0 Å². The van der Waals surface area contributed by atoms with Crippen molar-refractivity contribution in [2.45, 2.75) is 36.7 Å². The van der Waals surface area contributed by atoms with Gasteiger partial charge in [0.25, 0.3) is 5.56 Å². The summed E-state index contributed by atoms with van der Waals surface area (Å²) in [7, 11) is 0. The van der Waals surface area contributed by atoms with Crippen molar-refractivity contribution in [3.63, 3.8) is 0 Å². The van der Waals surface area contributed by atoms with E-state index in [2.05, 4.69) is 9.97 Å². The Kier molecular flexibility index (Phi) is 4.80. The van der Waals surface area contributed by atoms with Gasteiger partial charge in [-0.05, 0) is 18.9 Å². The van der Waals surface area contributed by atoms with E-state index >= 15 is 0 Å². The second kappa shape index (κ2) is 6.58. The molecule has 1 aromatic heterocycles. The summed E-state index contributed by atoms with van der Waals surface area (Å²) in [5.41, 5.74) is 7.90. The minimum absolute atomic E-state index is 0.00765. The summed E-state index contributed by atoms with van der Waals surface area (Å²) in [4.78, 5) is 19.7. The van der Waals surface area contributed by atoms with Crippen molar-refractivity contribution in [2.75, 3.05) is 0 Å². The number of benzene rings is 1. The number of nitrogen functional groups attached to an aromatic ring is 1. The number of H-pyrrole nitrogens is 1. The molecule has 5 nitrogen and oxygen atoms in total. The summed E-state index contributed by atoms with van der Waals surface area (Å²) < 4.78 is 0. The minimum Gasteiger partial charge on any atom is -0.384 e. The smallest absolute Gasteiger partial charge is 0.251 e. The summed E-state index contributed by atoms with van der Waals surface area (Å²) in [6.07, 6.45) is 1.70. The molecule has 0 radical (unpaired) electrons. The van der Waals surface area contributed by atoms with E-state index in [9.17, 15) is 4.79 Å². The molecule has 1 aromatic carbocycles. The molecule has 2 aromatic rings. The molecule has 2 rings (SSSR count). The molecule has 0 unspecified atom stereocenters. The fourth-order valence-corrected chi connectivity index (χ4v) is 3.04. The first-order valence-electron chi connectivity index (χ1n) is 6.73. The second-order valence-electron chi connectivity index (χ2n) is 4.76. The van der Waals surface area contributed by atoms with Gasteiger partial charge in [0.15, 0.2) is 5.16 Å². The zero-order valence-electron chi connectivity index (χ0n) is 12.1. The molecule has 0 bridgehead atoms. The van der Waals surface area contributed by atoms with Crippen LogP contribution >= 0.6 is 11.8 Å². The fraction of sp³-hybridized carbons (Fsp3) is 0.267. The summed E-state index contributed by atoms with van der Waals surface area (Å²) >= 11 is 1.34. The van der Waals surface area contributed by atoms with Gasteiger partial charge >= 0.3 is 0 Å². The quantitative estimate of drug-likeness (QED) is 0.449. The Morgan fingerprint density at radius 1 is 1.48 bits per heavy atom. The molecular formula is C15H18N4OS. The van der Waals surface area contributed by atoms with Crippen molar-refractivity contribution in [1.82, 2.24) is 9.97 Å². The Hall–Kier alpha value is -2.08. The lowest BCUT2D eigenvalue weighted by Gasteiger charge is -2.10. The molecule has 0 saturated carbocycles. The van der Waals surface area contributed by atoms with Gasteiger partial charge in [-0.15, -0.1) is 0 Å². The number of nitrogens with one attached hydrogen (secondary N) is 2. The fourth-order valence-electron chi connectivity index (χ4n) is 2.01. The van der Waals surface area contributed by atoms with Crippen LogP contribution in [0.15, 0.2) is 39.1 Å². The molecule has 6 heteroatoms. The Bertz CT molecular complexity index is 724. The highest BCUT2D eigenvalue weighted by Gasteiger charge is 2.12. The predicted octanol–water partition coefficient (Wildman–Crippen LogP) is 2.47. The Morgan fingerprint density at radius 2 is 2.24 bits per heavy atom. The lowest BCUT2D eigenvalue weighted by molar-refractivity contribution is 0.815. The van der Waals surface area contributed by atoms with Crippen molar-refractivity contribution in [3.8, 4) is 0 Å². The van der Waals surface area contributed by atoms with Crippen molar-refractivity contribution >= 4 is 17.6 Å². The molecule has 0 aliphatic rings. The minimum atomic E-state index is -0.158. The summed E-state index contributed by atoms with van der Waals surface area (Å²) in [5.74, 6) is 0.00765. The van der Waals surface area contributed by atoms with Gasteiger partial charge in [0.1, 0.15) is 5.84 Å². The largest absolute Gasteiger partial charge is 0.384 e.